The van der Waals surface area contributed by atoms with Gasteiger partial charge >= 0.3 is 0 Å². The van der Waals surface area contributed by atoms with Crippen molar-refractivity contribution in [2.75, 3.05) is 7.05 Å². The van der Waals surface area contributed by atoms with Crippen molar-refractivity contribution >= 4 is 5.91 Å². The number of rotatable bonds is 4. The lowest BCUT2D eigenvalue weighted by atomic mass is 10.0. The van der Waals surface area contributed by atoms with Crippen LogP contribution in [0, 0.1) is 0 Å². The highest BCUT2D eigenvalue weighted by Gasteiger charge is 2.33. The average molecular weight is 311 g/mol. The smallest absolute Gasteiger partial charge is 0.256 e. The second kappa shape index (κ2) is 6.42. The minimum absolute atomic E-state index is 0.0932. The first kappa shape index (κ1) is 15.6. The van der Waals surface area contributed by atoms with Gasteiger partial charge in [0.15, 0.2) is 6.10 Å². The molecule has 0 unspecified atom stereocenters. The highest BCUT2D eigenvalue weighted by molar-refractivity contribution is 5.82. The summed E-state index contributed by atoms with van der Waals surface area (Å²) in [6, 6.07) is 16.8. The Morgan fingerprint density at radius 3 is 2.52 bits per heavy atom. The summed E-state index contributed by atoms with van der Waals surface area (Å²) < 4.78 is 5.95. The lowest BCUT2D eigenvalue weighted by molar-refractivity contribution is -0.142. The minimum atomic E-state index is -1.15. The number of fused-ring (bicyclic) bond motifs is 1. The highest BCUT2D eigenvalue weighted by Crippen LogP contribution is 2.31. The second-order valence-electron chi connectivity index (χ2n) is 5.97. The summed E-state index contributed by atoms with van der Waals surface area (Å²) in [5, 5.41) is 10.3. The van der Waals surface area contributed by atoms with Crippen molar-refractivity contribution < 1.29 is 14.6 Å². The largest absolute Gasteiger partial charge is 0.488 e. The third-order valence-electron chi connectivity index (χ3n) is 4.52. The molecule has 4 nitrogen and oxygen atoms in total. The number of carbonyl (C=O) groups is 1. The predicted molar refractivity (Wildman–Crippen MR) is 88.2 cm³/mol. The van der Waals surface area contributed by atoms with Crippen LogP contribution in [0.1, 0.15) is 24.2 Å². The molecule has 1 aliphatic rings. The van der Waals surface area contributed by atoms with Crippen LogP contribution in [-0.4, -0.2) is 35.1 Å². The summed E-state index contributed by atoms with van der Waals surface area (Å²) in [6.07, 6.45) is -0.465. The molecule has 0 fully saturated rings. The lowest BCUT2D eigenvalue weighted by Crippen LogP contribution is -2.46. The molecule has 1 N–H and O–H groups in total. The molecule has 23 heavy (non-hydrogen) atoms. The molecule has 0 saturated carbocycles. The maximum absolute atomic E-state index is 12.5. The SMILES string of the molecule is C[C@H]([C@@H]1Cc2ccccc2O1)N(C)C(=O)[C@@H](O)c1ccccc1. The number of benzene rings is 2. The Bertz CT molecular complexity index is 661. The Hall–Kier alpha value is -2.33. The van der Waals surface area contributed by atoms with Crippen molar-refractivity contribution in [3.8, 4) is 5.75 Å². The van der Waals surface area contributed by atoms with Gasteiger partial charge in [0, 0.05) is 13.5 Å². The van der Waals surface area contributed by atoms with Crippen LogP contribution in [0.4, 0.5) is 0 Å². The summed E-state index contributed by atoms with van der Waals surface area (Å²) in [4.78, 5) is 14.1. The molecule has 0 aliphatic carbocycles. The third-order valence-corrected chi connectivity index (χ3v) is 4.52. The van der Waals surface area contributed by atoms with Crippen molar-refractivity contribution in [2.45, 2.75) is 31.6 Å². The van der Waals surface area contributed by atoms with Crippen molar-refractivity contribution in [2.24, 2.45) is 0 Å². The zero-order chi connectivity index (χ0) is 16.4. The van der Waals surface area contributed by atoms with E-state index in [0.717, 1.165) is 17.7 Å². The molecule has 0 saturated heterocycles. The third kappa shape index (κ3) is 3.08. The van der Waals surface area contributed by atoms with Crippen molar-refractivity contribution in [1.29, 1.82) is 0 Å². The zero-order valence-electron chi connectivity index (χ0n) is 13.3. The van der Waals surface area contributed by atoms with Gasteiger partial charge in [0.1, 0.15) is 11.9 Å². The van der Waals surface area contributed by atoms with Gasteiger partial charge in [-0.25, -0.2) is 0 Å². The molecule has 1 amide bonds. The van der Waals surface area contributed by atoms with E-state index in [4.69, 9.17) is 4.74 Å². The van der Waals surface area contributed by atoms with Gasteiger partial charge in [-0.1, -0.05) is 48.5 Å². The first-order valence-electron chi connectivity index (χ1n) is 7.82. The van der Waals surface area contributed by atoms with Gasteiger partial charge in [0.25, 0.3) is 5.91 Å². The normalized spacial score (nSPS) is 18.7. The first-order chi connectivity index (χ1) is 11.1. The van der Waals surface area contributed by atoms with E-state index in [9.17, 15) is 9.90 Å². The average Bonchev–Trinajstić information content (AvgIpc) is 3.04. The zero-order valence-corrected chi connectivity index (χ0v) is 13.3. The number of hydrogen-bond acceptors (Lipinski definition) is 3. The topological polar surface area (TPSA) is 49.8 Å². The summed E-state index contributed by atoms with van der Waals surface area (Å²) in [5.41, 5.74) is 1.76. The molecule has 1 heterocycles. The maximum atomic E-state index is 12.5. The fourth-order valence-corrected chi connectivity index (χ4v) is 2.90. The van der Waals surface area contributed by atoms with E-state index < -0.39 is 6.10 Å². The molecular formula is C19H21NO3. The predicted octanol–water partition coefficient (Wildman–Crippen LogP) is 2.57. The summed E-state index contributed by atoms with van der Waals surface area (Å²) in [6.45, 7) is 1.95. The number of ether oxygens (including phenoxy) is 1. The molecule has 2 aromatic carbocycles. The van der Waals surface area contributed by atoms with Gasteiger partial charge in [-0.15, -0.1) is 0 Å². The Morgan fingerprint density at radius 2 is 1.83 bits per heavy atom. The molecule has 3 rings (SSSR count). The summed E-state index contributed by atoms with van der Waals surface area (Å²) in [7, 11) is 1.71. The number of amides is 1. The van der Waals surface area contributed by atoms with E-state index in [-0.39, 0.29) is 18.1 Å². The van der Waals surface area contributed by atoms with E-state index >= 15 is 0 Å². The van der Waals surface area contributed by atoms with E-state index in [1.165, 1.54) is 0 Å². The standard InChI is InChI=1S/C19H21NO3/c1-13(17-12-15-10-6-7-11-16(15)23-17)20(2)19(22)18(21)14-8-4-3-5-9-14/h3-11,13,17-18,21H,12H2,1-2H3/t13-,17+,18+/m1/s1. The van der Waals surface area contributed by atoms with E-state index in [0.29, 0.717) is 5.56 Å². The maximum Gasteiger partial charge on any atom is 0.256 e. The van der Waals surface area contributed by atoms with Crippen LogP contribution in [0.25, 0.3) is 0 Å². The fraction of sp³-hybridized carbons (Fsp3) is 0.316. The number of aliphatic hydroxyl groups excluding tert-OH is 1. The molecule has 3 atom stereocenters. The second-order valence-corrected chi connectivity index (χ2v) is 5.97. The highest BCUT2D eigenvalue weighted by atomic mass is 16.5. The van der Waals surface area contributed by atoms with Crippen molar-refractivity contribution in [1.82, 2.24) is 4.90 Å². The van der Waals surface area contributed by atoms with Crippen LogP contribution in [0.5, 0.6) is 5.75 Å². The number of para-hydroxylation sites is 1. The van der Waals surface area contributed by atoms with Crippen LogP contribution < -0.4 is 4.74 Å². The molecule has 120 valence electrons. The van der Waals surface area contributed by atoms with Gasteiger partial charge in [0.05, 0.1) is 6.04 Å². The van der Waals surface area contributed by atoms with Gasteiger partial charge in [-0.05, 0) is 24.1 Å². The van der Waals surface area contributed by atoms with Crippen molar-refractivity contribution in [3.05, 3.63) is 65.7 Å². The van der Waals surface area contributed by atoms with Gasteiger partial charge in [-0.2, -0.15) is 0 Å². The van der Waals surface area contributed by atoms with Crippen LogP contribution in [0.3, 0.4) is 0 Å². The molecular weight excluding hydrogens is 290 g/mol. The van der Waals surface area contributed by atoms with E-state index in [1.54, 1.807) is 24.1 Å². The number of nitrogens with zero attached hydrogens (tertiary/aromatic N) is 1. The molecule has 0 aromatic heterocycles. The van der Waals surface area contributed by atoms with Gasteiger partial charge in [0.2, 0.25) is 0 Å². The Balaban J connectivity index is 1.68. The fourth-order valence-electron chi connectivity index (χ4n) is 2.90. The number of likely N-dealkylation sites (N-methyl/N-ethyl adjacent to an activating group) is 1. The van der Waals surface area contributed by atoms with Crippen LogP contribution in [0.2, 0.25) is 0 Å². The molecule has 2 aromatic rings. The molecule has 4 heteroatoms. The Labute approximate surface area is 136 Å². The van der Waals surface area contributed by atoms with E-state index in [1.807, 2.05) is 49.4 Å². The van der Waals surface area contributed by atoms with Crippen LogP contribution >= 0.6 is 0 Å². The van der Waals surface area contributed by atoms with Gasteiger partial charge < -0.3 is 14.7 Å². The molecule has 0 bridgehead atoms. The quantitative estimate of drug-likeness (QED) is 0.944. The Kier molecular flexibility index (Phi) is 4.35. The number of aliphatic hydroxyl groups is 1. The number of carbonyl (C=O) groups excluding carboxylic acids is 1. The molecule has 0 spiro atoms. The van der Waals surface area contributed by atoms with Crippen LogP contribution in [0.15, 0.2) is 54.6 Å². The summed E-state index contributed by atoms with van der Waals surface area (Å²) >= 11 is 0. The van der Waals surface area contributed by atoms with E-state index in [2.05, 4.69) is 0 Å². The minimum Gasteiger partial charge on any atom is -0.488 e. The summed E-state index contributed by atoms with van der Waals surface area (Å²) in [5.74, 6) is 0.567. The van der Waals surface area contributed by atoms with Crippen LogP contribution in [-0.2, 0) is 11.2 Å². The molecule has 0 radical (unpaired) electrons. The Morgan fingerprint density at radius 1 is 1.17 bits per heavy atom. The van der Waals surface area contributed by atoms with Gasteiger partial charge in [-0.3, -0.25) is 4.79 Å². The molecule has 1 aliphatic heterocycles. The number of hydrogen-bond donors (Lipinski definition) is 1. The first-order valence-corrected chi connectivity index (χ1v) is 7.82. The lowest BCUT2D eigenvalue weighted by Gasteiger charge is -2.30. The monoisotopic (exact) mass is 311 g/mol. The van der Waals surface area contributed by atoms with Crippen molar-refractivity contribution in [3.63, 3.8) is 0 Å².